The average Bonchev–Trinajstić information content (AvgIpc) is 3.23. The van der Waals surface area contributed by atoms with Gasteiger partial charge in [0.05, 0.1) is 11.2 Å². The van der Waals surface area contributed by atoms with Gasteiger partial charge in [-0.3, -0.25) is 14.5 Å². The van der Waals surface area contributed by atoms with Crippen molar-refractivity contribution in [2.45, 2.75) is 25.3 Å². The quantitative estimate of drug-likeness (QED) is 0.356. The third-order valence-electron chi connectivity index (χ3n) is 6.82. The fraction of sp³-hybridized carbons (Fsp3) is 0.385. The van der Waals surface area contributed by atoms with Gasteiger partial charge in [0.2, 0.25) is 10.7 Å². The van der Waals surface area contributed by atoms with Crippen LogP contribution in [0.3, 0.4) is 0 Å². The van der Waals surface area contributed by atoms with Crippen molar-refractivity contribution in [3.63, 3.8) is 0 Å². The van der Waals surface area contributed by atoms with Crippen molar-refractivity contribution in [3.05, 3.63) is 59.1 Å². The number of nitrogens with zero attached hydrogens (tertiary/aromatic N) is 4. The molecule has 5 rings (SSSR count). The summed E-state index contributed by atoms with van der Waals surface area (Å²) in [5.74, 6) is 0.225. The molecule has 1 saturated heterocycles. The number of hydrogen-bond acceptors (Lipinski definition) is 7. The molecule has 2 aliphatic rings. The van der Waals surface area contributed by atoms with Gasteiger partial charge in [-0.1, -0.05) is 24.3 Å². The molecule has 3 heterocycles. The molecule has 0 saturated carbocycles. The normalized spacial score (nSPS) is 17.8. The Morgan fingerprint density at radius 2 is 1.86 bits per heavy atom. The van der Waals surface area contributed by atoms with Gasteiger partial charge in [0.25, 0.3) is 5.91 Å². The number of rotatable bonds is 8. The SMILES string of the molecule is O=C(CC[C@@H]1Nc2c3ccccc3nc(=S)n2C1=O)NCCCN1CCN(c2ccccc2F)CC1. The highest BCUT2D eigenvalue weighted by molar-refractivity contribution is 7.71. The van der Waals surface area contributed by atoms with Crippen LogP contribution in [0, 0.1) is 10.6 Å². The van der Waals surface area contributed by atoms with Crippen molar-refractivity contribution in [2.24, 2.45) is 0 Å². The lowest BCUT2D eigenvalue weighted by atomic mass is 10.1. The van der Waals surface area contributed by atoms with E-state index >= 15 is 0 Å². The van der Waals surface area contributed by atoms with Crippen LogP contribution in [0.25, 0.3) is 10.9 Å². The number of para-hydroxylation sites is 2. The van der Waals surface area contributed by atoms with Crippen LogP contribution in [0.4, 0.5) is 15.9 Å². The number of amides is 1. The van der Waals surface area contributed by atoms with Crippen molar-refractivity contribution in [2.75, 3.05) is 49.5 Å². The molecule has 1 fully saturated rings. The molecule has 2 aliphatic heterocycles. The van der Waals surface area contributed by atoms with Gasteiger partial charge < -0.3 is 15.5 Å². The summed E-state index contributed by atoms with van der Waals surface area (Å²) in [7, 11) is 0. The predicted molar refractivity (Wildman–Crippen MR) is 141 cm³/mol. The molecule has 0 spiro atoms. The molecule has 2 N–H and O–H groups in total. The van der Waals surface area contributed by atoms with Crippen molar-refractivity contribution >= 4 is 46.4 Å². The number of aromatic nitrogens is 2. The van der Waals surface area contributed by atoms with Crippen LogP contribution < -0.4 is 15.5 Å². The summed E-state index contributed by atoms with van der Waals surface area (Å²) in [6.07, 6.45) is 1.47. The first-order chi connectivity index (χ1) is 17.5. The van der Waals surface area contributed by atoms with Crippen LogP contribution in [-0.2, 0) is 4.79 Å². The minimum atomic E-state index is -0.504. The molecular formula is C26H29FN6O2S. The maximum atomic E-state index is 14.0. The highest BCUT2D eigenvalue weighted by Crippen LogP contribution is 2.29. The Bertz CT molecular complexity index is 1340. The molecule has 8 nitrogen and oxygen atoms in total. The summed E-state index contributed by atoms with van der Waals surface area (Å²) in [5.41, 5.74) is 1.40. The molecular weight excluding hydrogens is 479 g/mol. The Morgan fingerprint density at radius 1 is 1.11 bits per heavy atom. The monoisotopic (exact) mass is 508 g/mol. The minimum absolute atomic E-state index is 0.0727. The van der Waals surface area contributed by atoms with E-state index < -0.39 is 6.04 Å². The summed E-state index contributed by atoms with van der Waals surface area (Å²) in [6.45, 7) is 4.76. The van der Waals surface area contributed by atoms with E-state index in [1.165, 1.54) is 10.6 Å². The minimum Gasteiger partial charge on any atom is -0.367 e. The van der Waals surface area contributed by atoms with E-state index in [0.29, 0.717) is 24.5 Å². The number of nitrogens with one attached hydrogen (secondary N) is 2. The smallest absolute Gasteiger partial charge is 0.257 e. The van der Waals surface area contributed by atoms with Crippen LogP contribution in [0.5, 0.6) is 0 Å². The predicted octanol–water partition coefficient (Wildman–Crippen LogP) is 3.45. The van der Waals surface area contributed by atoms with Gasteiger partial charge in [0.15, 0.2) is 0 Å². The summed E-state index contributed by atoms with van der Waals surface area (Å²) >= 11 is 5.32. The van der Waals surface area contributed by atoms with E-state index in [1.807, 2.05) is 36.4 Å². The van der Waals surface area contributed by atoms with Crippen LogP contribution in [0.15, 0.2) is 48.5 Å². The fourth-order valence-electron chi connectivity index (χ4n) is 4.88. The highest BCUT2D eigenvalue weighted by atomic mass is 32.1. The van der Waals surface area contributed by atoms with E-state index in [2.05, 4.69) is 25.4 Å². The molecule has 188 valence electrons. The second-order valence-corrected chi connectivity index (χ2v) is 9.52. The standard InChI is InChI=1S/C26H29FN6O2S/c27-19-7-2-4-9-22(19)32-16-14-31(15-17-32)13-5-12-28-23(34)11-10-21-25(35)33-24(29-21)18-6-1-3-8-20(18)30-26(33)36/h1-4,6-9,21,29H,5,10-17H2,(H,28,34)/t21-/m0/s1. The van der Waals surface area contributed by atoms with E-state index in [0.717, 1.165) is 50.0 Å². The molecule has 1 atom stereocenters. The Morgan fingerprint density at radius 3 is 2.67 bits per heavy atom. The molecule has 1 amide bonds. The Kier molecular flexibility index (Phi) is 7.24. The number of carbonyl (C=O) groups is 2. The fourth-order valence-corrected chi connectivity index (χ4v) is 5.16. The van der Waals surface area contributed by atoms with Crippen molar-refractivity contribution in [1.29, 1.82) is 0 Å². The van der Waals surface area contributed by atoms with E-state index in [1.54, 1.807) is 6.07 Å². The summed E-state index contributed by atoms with van der Waals surface area (Å²) < 4.78 is 15.7. The number of halogens is 1. The van der Waals surface area contributed by atoms with Crippen LogP contribution >= 0.6 is 12.2 Å². The summed E-state index contributed by atoms with van der Waals surface area (Å²) in [4.78, 5) is 34.0. The lowest BCUT2D eigenvalue weighted by molar-refractivity contribution is -0.121. The van der Waals surface area contributed by atoms with Gasteiger partial charge in [0.1, 0.15) is 17.7 Å². The second-order valence-electron chi connectivity index (χ2n) is 9.15. The number of anilines is 2. The van der Waals surface area contributed by atoms with Crippen LogP contribution in [0.1, 0.15) is 24.1 Å². The number of carbonyl (C=O) groups excluding carboxylic acids is 2. The van der Waals surface area contributed by atoms with E-state index in [-0.39, 0.29) is 28.8 Å². The zero-order valence-corrected chi connectivity index (χ0v) is 20.8. The van der Waals surface area contributed by atoms with Crippen molar-refractivity contribution in [1.82, 2.24) is 19.8 Å². The first-order valence-corrected chi connectivity index (χ1v) is 12.7. The molecule has 0 radical (unpaired) electrons. The molecule has 0 unspecified atom stereocenters. The van der Waals surface area contributed by atoms with Crippen LogP contribution in [-0.4, -0.2) is 71.6 Å². The van der Waals surface area contributed by atoms with Gasteiger partial charge in [-0.25, -0.2) is 13.9 Å². The van der Waals surface area contributed by atoms with Gasteiger partial charge in [-0.2, -0.15) is 0 Å². The molecule has 36 heavy (non-hydrogen) atoms. The average molecular weight is 509 g/mol. The maximum Gasteiger partial charge on any atom is 0.257 e. The number of fused-ring (bicyclic) bond motifs is 3. The number of hydrogen-bond donors (Lipinski definition) is 2. The molecule has 0 aliphatic carbocycles. The maximum absolute atomic E-state index is 14.0. The largest absolute Gasteiger partial charge is 0.367 e. The van der Waals surface area contributed by atoms with E-state index in [4.69, 9.17) is 12.2 Å². The van der Waals surface area contributed by atoms with Gasteiger partial charge >= 0.3 is 0 Å². The third kappa shape index (κ3) is 5.10. The molecule has 1 aromatic heterocycles. The lowest BCUT2D eigenvalue weighted by Crippen LogP contribution is -2.47. The Labute approximate surface area is 214 Å². The number of piperazine rings is 1. The zero-order valence-electron chi connectivity index (χ0n) is 20.0. The Balaban J connectivity index is 1.03. The molecule has 3 aromatic rings. The van der Waals surface area contributed by atoms with Crippen LogP contribution in [0.2, 0.25) is 0 Å². The molecule has 2 aromatic carbocycles. The van der Waals surface area contributed by atoms with Gasteiger partial charge in [-0.05, 0) is 55.9 Å². The lowest BCUT2D eigenvalue weighted by Gasteiger charge is -2.36. The van der Waals surface area contributed by atoms with Crippen molar-refractivity contribution in [3.8, 4) is 0 Å². The van der Waals surface area contributed by atoms with Crippen molar-refractivity contribution < 1.29 is 14.0 Å². The summed E-state index contributed by atoms with van der Waals surface area (Å²) in [6, 6.07) is 13.9. The Hall–Kier alpha value is -3.37. The third-order valence-corrected chi connectivity index (χ3v) is 7.09. The highest BCUT2D eigenvalue weighted by Gasteiger charge is 2.32. The second kappa shape index (κ2) is 10.7. The van der Waals surface area contributed by atoms with Gasteiger partial charge in [0, 0.05) is 44.5 Å². The molecule has 0 bridgehead atoms. The zero-order chi connectivity index (χ0) is 25.1. The summed E-state index contributed by atoms with van der Waals surface area (Å²) in [5, 5.41) is 7.04. The topological polar surface area (TPSA) is 82.5 Å². The first-order valence-electron chi connectivity index (χ1n) is 12.3. The van der Waals surface area contributed by atoms with E-state index in [9.17, 15) is 14.0 Å². The molecule has 10 heteroatoms. The first kappa shape index (κ1) is 24.3. The van der Waals surface area contributed by atoms with Gasteiger partial charge in [-0.15, -0.1) is 0 Å². The number of benzene rings is 2.